The highest BCUT2D eigenvalue weighted by molar-refractivity contribution is 7.92. The minimum atomic E-state index is -4.01. The summed E-state index contributed by atoms with van der Waals surface area (Å²) in [7, 11) is -7.48. The first-order valence-corrected chi connectivity index (χ1v) is 12.8. The Kier molecular flexibility index (Phi) is 6.61. The maximum Gasteiger partial charge on any atom is 0.261 e. The summed E-state index contributed by atoms with van der Waals surface area (Å²) in [4.78, 5) is 12.8. The van der Waals surface area contributed by atoms with E-state index >= 15 is 0 Å². The Hall–Kier alpha value is -2.59. The highest BCUT2D eigenvalue weighted by Crippen LogP contribution is 2.26. The molecule has 0 unspecified atom stereocenters. The summed E-state index contributed by atoms with van der Waals surface area (Å²) < 4.78 is 51.2. The topological polar surface area (TPSA) is 109 Å². The smallest absolute Gasteiger partial charge is 0.261 e. The van der Waals surface area contributed by atoms with Gasteiger partial charge in [0.2, 0.25) is 0 Å². The molecule has 0 aliphatic heterocycles. The number of halogens is 2. The number of carbonyl (C=O) groups excluding carboxylic acids is 1. The minimum Gasteiger partial charge on any atom is -0.322 e. The van der Waals surface area contributed by atoms with Crippen molar-refractivity contribution in [3.63, 3.8) is 0 Å². The third kappa shape index (κ3) is 5.76. The Bertz CT molecular complexity index is 1360. The van der Waals surface area contributed by atoms with Crippen LogP contribution in [0.2, 0.25) is 10.0 Å². The van der Waals surface area contributed by atoms with Gasteiger partial charge in [-0.15, -0.1) is 0 Å². The maximum atomic E-state index is 12.8. The largest absolute Gasteiger partial charge is 0.322 e. The summed E-state index contributed by atoms with van der Waals surface area (Å²) in [6, 6.07) is 15.3. The molecule has 0 aromatic heterocycles. The van der Waals surface area contributed by atoms with Crippen LogP contribution in [0.1, 0.15) is 10.4 Å². The quantitative estimate of drug-likeness (QED) is 0.521. The van der Waals surface area contributed by atoms with Crippen LogP contribution in [0, 0.1) is 0 Å². The Balaban J connectivity index is 1.93. The highest BCUT2D eigenvalue weighted by atomic mass is 35.5. The fourth-order valence-corrected chi connectivity index (χ4v) is 4.66. The van der Waals surface area contributed by atoms with Crippen LogP contribution in [0.25, 0.3) is 0 Å². The van der Waals surface area contributed by atoms with E-state index in [1.807, 2.05) is 0 Å². The molecule has 0 fully saturated rings. The lowest BCUT2D eigenvalue weighted by Gasteiger charge is -2.14. The zero-order chi connectivity index (χ0) is 22.8. The standard InChI is InChI=1S/C20H16Cl2N2O5S2/c1-30(26,27)17-4-2-3-15(12-17)23-20(25)18-11-14(22)7-10-19(18)24-31(28,29)16-8-5-13(21)6-9-16/h2-12,24H,1H3,(H,23,25). The Morgan fingerprint density at radius 3 is 2.10 bits per heavy atom. The van der Waals surface area contributed by atoms with Crippen LogP contribution in [0.3, 0.4) is 0 Å². The van der Waals surface area contributed by atoms with Gasteiger partial charge in [-0.25, -0.2) is 16.8 Å². The molecule has 11 heteroatoms. The predicted molar refractivity (Wildman–Crippen MR) is 121 cm³/mol. The normalized spacial score (nSPS) is 11.7. The van der Waals surface area contributed by atoms with E-state index in [1.165, 1.54) is 66.7 Å². The number of nitrogens with one attached hydrogen (secondary N) is 2. The first kappa shape index (κ1) is 23.1. The van der Waals surface area contributed by atoms with E-state index in [4.69, 9.17) is 23.2 Å². The molecule has 0 radical (unpaired) electrons. The summed E-state index contributed by atoms with van der Waals surface area (Å²) in [5, 5.41) is 3.15. The van der Waals surface area contributed by atoms with Gasteiger partial charge in [-0.1, -0.05) is 29.3 Å². The number of sulfonamides is 1. The average molecular weight is 499 g/mol. The summed E-state index contributed by atoms with van der Waals surface area (Å²) in [6.07, 6.45) is 1.05. The molecule has 0 aliphatic carbocycles. The Morgan fingerprint density at radius 1 is 0.806 bits per heavy atom. The molecule has 0 saturated carbocycles. The monoisotopic (exact) mass is 498 g/mol. The zero-order valence-corrected chi connectivity index (χ0v) is 19.1. The molecular weight excluding hydrogens is 483 g/mol. The first-order valence-electron chi connectivity index (χ1n) is 8.65. The number of amides is 1. The molecule has 0 bridgehead atoms. The van der Waals surface area contributed by atoms with Crippen molar-refractivity contribution in [3.8, 4) is 0 Å². The van der Waals surface area contributed by atoms with Crippen molar-refractivity contribution in [2.45, 2.75) is 9.79 Å². The lowest BCUT2D eigenvalue weighted by atomic mass is 10.1. The minimum absolute atomic E-state index is 0.00359. The summed E-state index contributed by atoms with van der Waals surface area (Å²) in [6.45, 7) is 0. The van der Waals surface area contributed by atoms with Crippen molar-refractivity contribution < 1.29 is 21.6 Å². The van der Waals surface area contributed by atoms with Crippen molar-refractivity contribution in [2.75, 3.05) is 16.3 Å². The number of anilines is 2. The molecule has 0 heterocycles. The first-order chi connectivity index (χ1) is 14.5. The third-order valence-electron chi connectivity index (χ3n) is 4.11. The van der Waals surface area contributed by atoms with Gasteiger partial charge in [0.05, 0.1) is 21.0 Å². The molecule has 31 heavy (non-hydrogen) atoms. The Labute approximate surface area is 190 Å². The van der Waals surface area contributed by atoms with Gasteiger partial charge in [0.25, 0.3) is 15.9 Å². The number of sulfone groups is 1. The van der Waals surface area contributed by atoms with E-state index in [0.29, 0.717) is 5.02 Å². The van der Waals surface area contributed by atoms with Crippen molar-refractivity contribution in [1.29, 1.82) is 0 Å². The number of carbonyl (C=O) groups is 1. The van der Waals surface area contributed by atoms with Gasteiger partial charge in [0.15, 0.2) is 9.84 Å². The SMILES string of the molecule is CS(=O)(=O)c1cccc(NC(=O)c2cc(Cl)ccc2NS(=O)(=O)c2ccc(Cl)cc2)c1. The lowest BCUT2D eigenvalue weighted by molar-refractivity contribution is 0.102. The highest BCUT2D eigenvalue weighted by Gasteiger charge is 2.20. The van der Waals surface area contributed by atoms with Crippen molar-refractivity contribution >= 4 is 60.3 Å². The van der Waals surface area contributed by atoms with Crippen LogP contribution in [-0.2, 0) is 19.9 Å². The summed E-state index contributed by atoms with van der Waals surface area (Å²) in [5.41, 5.74) is 0.172. The van der Waals surface area contributed by atoms with Crippen LogP contribution < -0.4 is 10.0 Å². The van der Waals surface area contributed by atoms with Gasteiger partial charge in [-0.05, 0) is 60.7 Å². The fraction of sp³-hybridized carbons (Fsp3) is 0.0500. The van der Waals surface area contributed by atoms with Gasteiger partial charge in [-0.2, -0.15) is 0 Å². The summed E-state index contributed by atoms with van der Waals surface area (Å²) >= 11 is 11.8. The van der Waals surface area contributed by atoms with E-state index in [0.717, 1.165) is 6.26 Å². The fourth-order valence-electron chi connectivity index (χ4n) is 2.61. The van der Waals surface area contributed by atoms with Crippen LogP contribution in [0.15, 0.2) is 76.5 Å². The van der Waals surface area contributed by atoms with Gasteiger partial charge in [0.1, 0.15) is 0 Å². The second-order valence-corrected chi connectivity index (χ2v) is 11.1. The van der Waals surface area contributed by atoms with Crippen molar-refractivity contribution in [1.82, 2.24) is 0 Å². The maximum absolute atomic E-state index is 12.8. The molecule has 7 nitrogen and oxygen atoms in total. The number of benzene rings is 3. The molecular formula is C20H16Cl2N2O5S2. The molecule has 162 valence electrons. The molecule has 0 spiro atoms. The third-order valence-corrected chi connectivity index (χ3v) is 7.09. The van der Waals surface area contributed by atoms with Crippen LogP contribution in [-0.4, -0.2) is 29.0 Å². The van der Waals surface area contributed by atoms with Gasteiger partial charge in [0, 0.05) is 22.0 Å². The van der Waals surface area contributed by atoms with Crippen LogP contribution in [0.5, 0.6) is 0 Å². The molecule has 2 N–H and O–H groups in total. The second kappa shape index (κ2) is 8.88. The summed E-state index contributed by atoms with van der Waals surface area (Å²) in [5.74, 6) is -0.679. The molecule has 0 saturated heterocycles. The molecule has 1 amide bonds. The van der Waals surface area contributed by atoms with E-state index in [-0.39, 0.29) is 31.8 Å². The molecule has 0 atom stereocenters. The van der Waals surface area contributed by atoms with Gasteiger partial charge in [-0.3, -0.25) is 9.52 Å². The van der Waals surface area contributed by atoms with E-state index in [2.05, 4.69) is 10.0 Å². The van der Waals surface area contributed by atoms with Crippen molar-refractivity contribution in [3.05, 3.63) is 82.3 Å². The zero-order valence-electron chi connectivity index (χ0n) is 16.0. The van der Waals surface area contributed by atoms with E-state index in [9.17, 15) is 21.6 Å². The van der Waals surface area contributed by atoms with Gasteiger partial charge >= 0.3 is 0 Å². The number of hydrogen-bond acceptors (Lipinski definition) is 5. The lowest BCUT2D eigenvalue weighted by Crippen LogP contribution is -2.19. The van der Waals surface area contributed by atoms with Gasteiger partial charge < -0.3 is 5.32 Å². The van der Waals surface area contributed by atoms with E-state index < -0.39 is 25.8 Å². The molecule has 3 aromatic rings. The van der Waals surface area contributed by atoms with Crippen LogP contribution in [0.4, 0.5) is 11.4 Å². The second-order valence-electron chi connectivity index (χ2n) is 6.50. The number of hydrogen-bond donors (Lipinski definition) is 2. The average Bonchev–Trinajstić information content (AvgIpc) is 2.69. The number of rotatable bonds is 6. The molecule has 0 aliphatic rings. The molecule has 3 aromatic carbocycles. The van der Waals surface area contributed by atoms with E-state index in [1.54, 1.807) is 0 Å². The van der Waals surface area contributed by atoms with Crippen molar-refractivity contribution in [2.24, 2.45) is 0 Å². The van der Waals surface area contributed by atoms with Crippen LogP contribution >= 0.6 is 23.2 Å². The Morgan fingerprint density at radius 2 is 1.45 bits per heavy atom. The predicted octanol–water partition coefficient (Wildman–Crippen LogP) is 4.45. The molecule has 3 rings (SSSR count).